The number of nitro groups is 1. The Morgan fingerprint density at radius 1 is 1.22 bits per heavy atom. The zero-order chi connectivity index (χ0) is 20.2. The number of methoxy groups -OCH3 is 1. The summed E-state index contributed by atoms with van der Waals surface area (Å²) in [6, 6.07) is 9.56. The Balaban J connectivity index is 2.52. The minimum atomic E-state index is -4.50. The highest BCUT2D eigenvalue weighted by atomic mass is 32.2. The number of carbonyl (C=O) groups is 1. The van der Waals surface area contributed by atoms with Crippen molar-refractivity contribution >= 4 is 21.8 Å². The highest BCUT2D eigenvalue weighted by Crippen LogP contribution is 2.33. The third-order valence-electron chi connectivity index (χ3n) is 4.11. The number of ether oxygens (including phenoxy) is 1. The first-order valence-electron chi connectivity index (χ1n) is 8.11. The van der Waals surface area contributed by atoms with Crippen molar-refractivity contribution < 1.29 is 27.1 Å². The van der Waals surface area contributed by atoms with E-state index in [1.165, 1.54) is 6.07 Å². The zero-order valence-corrected chi connectivity index (χ0v) is 15.9. The number of hydrogen-bond acceptors (Lipinski definition) is 7. The largest absolute Gasteiger partial charge is 0.465 e. The van der Waals surface area contributed by atoms with Crippen molar-refractivity contribution in [3.63, 3.8) is 0 Å². The maximum absolute atomic E-state index is 12.7. The quantitative estimate of drug-likeness (QED) is 0.305. The number of para-hydroxylation sites is 1. The monoisotopic (exact) mass is 393 g/mol. The van der Waals surface area contributed by atoms with Gasteiger partial charge in [0, 0.05) is 6.07 Å². The molecule has 0 bridgehead atoms. The minimum absolute atomic E-state index is 0.0353. The van der Waals surface area contributed by atoms with Crippen molar-refractivity contribution in [2.45, 2.75) is 31.1 Å². The number of benzene rings is 2. The van der Waals surface area contributed by atoms with Crippen LogP contribution in [0.4, 0.5) is 5.69 Å². The van der Waals surface area contributed by atoms with Crippen molar-refractivity contribution in [3.05, 3.63) is 63.7 Å². The standard InChI is InChI=1S/C18H19NO7S/c1-4-12(2)14-7-5-6-8-16(14)26-27(23,24)17-10-9-13(18(20)25-3)11-15(17)19(21)22/h5-12H,4H2,1-3H3. The van der Waals surface area contributed by atoms with Gasteiger partial charge in [-0.15, -0.1) is 0 Å². The second-order valence-corrected chi connectivity index (χ2v) is 7.33. The van der Waals surface area contributed by atoms with Gasteiger partial charge in [-0.2, -0.15) is 8.42 Å². The van der Waals surface area contributed by atoms with E-state index in [9.17, 15) is 23.3 Å². The molecule has 0 radical (unpaired) electrons. The van der Waals surface area contributed by atoms with Crippen LogP contribution in [0.5, 0.6) is 5.75 Å². The summed E-state index contributed by atoms with van der Waals surface area (Å²) in [6.45, 7) is 3.87. The Morgan fingerprint density at radius 3 is 2.48 bits per heavy atom. The van der Waals surface area contributed by atoms with E-state index >= 15 is 0 Å². The lowest BCUT2D eigenvalue weighted by molar-refractivity contribution is -0.387. The second kappa shape index (κ2) is 8.17. The van der Waals surface area contributed by atoms with Crippen LogP contribution in [0.3, 0.4) is 0 Å². The van der Waals surface area contributed by atoms with Gasteiger partial charge in [-0.05, 0) is 36.1 Å². The van der Waals surface area contributed by atoms with Gasteiger partial charge in [0.2, 0.25) is 0 Å². The van der Waals surface area contributed by atoms with Crippen LogP contribution >= 0.6 is 0 Å². The van der Waals surface area contributed by atoms with E-state index in [-0.39, 0.29) is 17.2 Å². The SMILES string of the molecule is CCC(C)c1ccccc1OS(=O)(=O)c1ccc(C(=O)OC)cc1[N+](=O)[O-]. The average Bonchev–Trinajstić information content (AvgIpc) is 2.66. The van der Waals surface area contributed by atoms with Gasteiger partial charge in [0.05, 0.1) is 17.6 Å². The molecule has 0 aromatic heterocycles. The summed E-state index contributed by atoms with van der Waals surface area (Å²) < 4.78 is 35.1. The lowest BCUT2D eigenvalue weighted by Gasteiger charge is -2.15. The van der Waals surface area contributed by atoms with Crippen LogP contribution in [0.25, 0.3) is 0 Å². The van der Waals surface area contributed by atoms with E-state index < -0.39 is 31.6 Å². The van der Waals surface area contributed by atoms with E-state index in [4.69, 9.17) is 4.18 Å². The van der Waals surface area contributed by atoms with E-state index in [1.54, 1.807) is 18.2 Å². The molecule has 0 spiro atoms. The zero-order valence-electron chi connectivity index (χ0n) is 15.0. The fourth-order valence-electron chi connectivity index (χ4n) is 2.46. The lowest BCUT2D eigenvalue weighted by Crippen LogP contribution is -2.14. The summed E-state index contributed by atoms with van der Waals surface area (Å²) in [5.74, 6) is -0.670. The Bertz CT molecular complexity index is 969. The van der Waals surface area contributed by atoms with E-state index in [2.05, 4.69) is 4.74 Å². The molecule has 9 heteroatoms. The highest BCUT2D eigenvalue weighted by Gasteiger charge is 2.30. The number of hydrogen-bond donors (Lipinski definition) is 0. The molecule has 2 aromatic carbocycles. The van der Waals surface area contributed by atoms with E-state index in [0.29, 0.717) is 5.56 Å². The molecule has 0 aliphatic rings. The summed E-state index contributed by atoms with van der Waals surface area (Å²) >= 11 is 0. The molecule has 144 valence electrons. The first kappa shape index (κ1) is 20.4. The number of nitro benzene ring substituents is 1. The number of carbonyl (C=O) groups excluding carboxylic acids is 1. The Hall–Kier alpha value is -2.94. The molecule has 0 fully saturated rings. The van der Waals surface area contributed by atoms with Crippen molar-refractivity contribution in [2.24, 2.45) is 0 Å². The van der Waals surface area contributed by atoms with Crippen LogP contribution in [-0.2, 0) is 14.9 Å². The fourth-order valence-corrected chi connectivity index (χ4v) is 3.57. The lowest BCUT2D eigenvalue weighted by atomic mass is 9.98. The van der Waals surface area contributed by atoms with Crippen molar-refractivity contribution in [2.75, 3.05) is 7.11 Å². The molecule has 0 saturated heterocycles. The second-order valence-electron chi connectivity index (χ2n) is 5.82. The maximum atomic E-state index is 12.7. The summed E-state index contributed by atoms with van der Waals surface area (Å²) in [5, 5.41) is 11.3. The van der Waals surface area contributed by atoms with Gasteiger partial charge in [0.15, 0.2) is 4.90 Å². The van der Waals surface area contributed by atoms with Gasteiger partial charge in [0.25, 0.3) is 5.69 Å². The predicted molar refractivity (Wildman–Crippen MR) is 97.4 cm³/mol. The van der Waals surface area contributed by atoms with E-state index in [1.807, 2.05) is 13.8 Å². The van der Waals surface area contributed by atoms with Crippen molar-refractivity contribution in [1.82, 2.24) is 0 Å². The smallest absolute Gasteiger partial charge is 0.346 e. The Labute approximate surface area is 157 Å². The molecule has 0 aliphatic heterocycles. The molecule has 0 amide bonds. The summed E-state index contributed by atoms with van der Waals surface area (Å²) in [7, 11) is -3.38. The van der Waals surface area contributed by atoms with Crippen molar-refractivity contribution in [1.29, 1.82) is 0 Å². The highest BCUT2D eigenvalue weighted by molar-refractivity contribution is 7.87. The topological polar surface area (TPSA) is 113 Å². The van der Waals surface area contributed by atoms with E-state index in [0.717, 1.165) is 31.7 Å². The number of nitrogens with zero attached hydrogens (tertiary/aromatic N) is 1. The molecule has 0 heterocycles. The van der Waals surface area contributed by atoms with Gasteiger partial charge in [-0.25, -0.2) is 4.79 Å². The molecule has 27 heavy (non-hydrogen) atoms. The van der Waals surface area contributed by atoms with Crippen LogP contribution in [0.1, 0.15) is 42.1 Å². The van der Waals surface area contributed by atoms with Gasteiger partial charge in [0.1, 0.15) is 5.75 Å². The molecular formula is C18H19NO7S. The van der Waals surface area contributed by atoms with Crippen LogP contribution in [0.2, 0.25) is 0 Å². The molecule has 0 N–H and O–H groups in total. The van der Waals surface area contributed by atoms with Crippen LogP contribution in [-0.4, -0.2) is 26.4 Å². The van der Waals surface area contributed by atoms with Gasteiger partial charge in [-0.3, -0.25) is 10.1 Å². The van der Waals surface area contributed by atoms with Gasteiger partial charge < -0.3 is 8.92 Å². The van der Waals surface area contributed by atoms with Crippen LogP contribution < -0.4 is 4.18 Å². The summed E-state index contributed by atoms with van der Waals surface area (Å²) in [5.41, 5.74) is -0.223. The molecule has 8 nitrogen and oxygen atoms in total. The molecule has 0 aliphatic carbocycles. The van der Waals surface area contributed by atoms with Gasteiger partial charge >= 0.3 is 16.1 Å². The number of rotatable bonds is 7. The predicted octanol–water partition coefficient (Wildman–Crippen LogP) is 3.66. The van der Waals surface area contributed by atoms with Crippen LogP contribution in [0, 0.1) is 10.1 Å². The van der Waals surface area contributed by atoms with Crippen LogP contribution in [0.15, 0.2) is 47.4 Å². The number of esters is 1. The minimum Gasteiger partial charge on any atom is -0.465 e. The first-order valence-corrected chi connectivity index (χ1v) is 9.52. The molecule has 0 saturated carbocycles. The van der Waals surface area contributed by atoms with Crippen molar-refractivity contribution in [3.8, 4) is 5.75 Å². The Morgan fingerprint density at radius 2 is 1.89 bits per heavy atom. The molecule has 1 unspecified atom stereocenters. The third kappa shape index (κ3) is 4.43. The summed E-state index contributed by atoms with van der Waals surface area (Å²) in [6.07, 6.45) is 0.758. The average molecular weight is 393 g/mol. The fraction of sp³-hybridized carbons (Fsp3) is 0.278. The summed E-state index contributed by atoms with van der Waals surface area (Å²) in [4.78, 5) is 21.4. The molecular weight excluding hydrogens is 374 g/mol. The van der Waals surface area contributed by atoms with Gasteiger partial charge in [-0.1, -0.05) is 32.0 Å². The Kier molecular flexibility index (Phi) is 6.17. The third-order valence-corrected chi connectivity index (χ3v) is 5.39. The maximum Gasteiger partial charge on any atom is 0.346 e. The molecule has 2 aromatic rings. The first-order chi connectivity index (χ1) is 12.7. The normalized spacial score (nSPS) is 12.3. The molecule has 1 atom stereocenters. The molecule has 2 rings (SSSR count).